The number of nitrogens with one attached hydrogen (secondary N) is 1. The van der Waals surface area contributed by atoms with Gasteiger partial charge >= 0.3 is 0 Å². The molecule has 7 nitrogen and oxygen atoms in total. The van der Waals surface area contributed by atoms with Crippen molar-refractivity contribution in [3.8, 4) is 0 Å². The van der Waals surface area contributed by atoms with Gasteiger partial charge in [-0.3, -0.25) is 14.8 Å². The number of likely N-dealkylation sites (tertiary alicyclic amines) is 1. The Morgan fingerprint density at radius 1 is 1.48 bits per heavy atom. The third-order valence-electron chi connectivity index (χ3n) is 5.00. The minimum absolute atomic E-state index is 0.118. The van der Waals surface area contributed by atoms with Crippen LogP contribution in [0, 0.1) is 0 Å². The van der Waals surface area contributed by atoms with Crippen LogP contribution in [0.5, 0.6) is 0 Å². The highest BCUT2D eigenvalue weighted by atomic mass is 35.5. The molecule has 146 valence electrons. The molecule has 1 aliphatic heterocycles. The van der Waals surface area contributed by atoms with Crippen LogP contribution in [0.4, 0.5) is 5.69 Å². The first-order valence-electron chi connectivity index (χ1n) is 9.15. The zero-order valence-corrected chi connectivity index (χ0v) is 16.3. The Labute approximate surface area is 164 Å². The van der Waals surface area contributed by atoms with E-state index in [1.807, 2.05) is 0 Å². The van der Waals surface area contributed by atoms with Crippen LogP contribution >= 0.6 is 11.6 Å². The summed E-state index contributed by atoms with van der Waals surface area (Å²) >= 11 is 6.32. The van der Waals surface area contributed by atoms with E-state index in [0.29, 0.717) is 29.5 Å². The molecular formula is C19H26ClN5O2. The van der Waals surface area contributed by atoms with Gasteiger partial charge in [0.25, 0.3) is 5.91 Å². The standard InChI is InChI=1S/C19H26ClN5O2/c1-27-14-4-3-9-24(12-14)10-11-25(19(26)18-7-8-22-23-18)13-15-16(20)5-2-6-17(15)21/h2,5-8,14H,3-4,9-13,21H2,1H3,(H,22,23). The monoisotopic (exact) mass is 391 g/mol. The van der Waals surface area contributed by atoms with E-state index in [4.69, 9.17) is 22.1 Å². The van der Waals surface area contributed by atoms with Gasteiger partial charge in [-0.15, -0.1) is 0 Å². The highest BCUT2D eigenvalue weighted by molar-refractivity contribution is 6.31. The molecule has 1 aromatic heterocycles. The van der Waals surface area contributed by atoms with Crippen molar-refractivity contribution < 1.29 is 9.53 Å². The van der Waals surface area contributed by atoms with E-state index >= 15 is 0 Å². The molecule has 2 aromatic rings. The van der Waals surface area contributed by atoms with Crippen molar-refractivity contribution >= 4 is 23.2 Å². The summed E-state index contributed by atoms with van der Waals surface area (Å²) in [5, 5.41) is 7.20. The van der Waals surface area contributed by atoms with Crippen LogP contribution in [-0.4, -0.2) is 65.3 Å². The number of H-pyrrole nitrogens is 1. The Kier molecular flexibility index (Phi) is 6.71. The second-order valence-electron chi connectivity index (χ2n) is 6.81. The molecule has 1 aromatic carbocycles. The lowest BCUT2D eigenvalue weighted by Gasteiger charge is -2.33. The number of rotatable bonds is 7. The smallest absolute Gasteiger partial charge is 0.272 e. The number of halogens is 1. The number of nitrogens with zero attached hydrogens (tertiary/aromatic N) is 3. The summed E-state index contributed by atoms with van der Waals surface area (Å²) in [5.41, 5.74) is 7.90. The summed E-state index contributed by atoms with van der Waals surface area (Å²) in [4.78, 5) is 17.1. The van der Waals surface area contributed by atoms with Crippen LogP contribution in [0.25, 0.3) is 0 Å². The Balaban J connectivity index is 1.73. The minimum atomic E-state index is -0.118. The first kappa shape index (κ1) is 19.7. The maximum atomic E-state index is 13.0. The Morgan fingerprint density at radius 3 is 3.04 bits per heavy atom. The minimum Gasteiger partial charge on any atom is -0.398 e. The number of carbonyl (C=O) groups is 1. The summed E-state index contributed by atoms with van der Waals surface area (Å²) < 4.78 is 5.49. The average Bonchev–Trinajstić information content (AvgIpc) is 3.21. The molecule has 8 heteroatoms. The molecule has 3 N–H and O–H groups in total. The molecule has 0 radical (unpaired) electrons. The molecule has 0 aliphatic carbocycles. The Morgan fingerprint density at radius 2 is 2.33 bits per heavy atom. The molecule has 1 fully saturated rings. The summed E-state index contributed by atoms with van der Waals surface area (Å²) in [7, 11) is 1.75. The molecular weight excluding hydrogens is 366 g/mol. The number of nitrogen functional groups attached to an aromatic ring is 1. The summed E-state index contributed by atoms with van der Waals surface area (Å²) in [6.07, 6.45) is 4.02. The molecule has 3 rings (SSSR count). The predicted octanol–water partition coefficient (Wildman–Crippen LogP) is 2.40. The van der Waals surface area contributed by atoms with Gasteiger partial charge in [-0.1, -0.05) is 17.7 Å². The van der Waals surface area contributed by atoms with Crippen LogP contribution in [-0.2, 0) is 11.3 Å². The van der Waals surface area contributed by atoms with Crippen LogP contribution < -0.4 is 5.73 Å². The SMILES string of the molecule is COC1CCCN(CCN(Cc2c(N)cccc2Cl)C(=O)c2ccn[nH]2)C1. The van der Waals surface area contributed by atoms with E-state index in [-0.39, 0.29) is 12.0 Å². The second kappa shape index (κ2) is 9.21. The number of piperidine rings is 1. The van der Waals surface area contributed by atoms with Crippen LogP contribution in [0.3, 0.4) is 0 Å². The lowest BCUT2D eigenvalue weighted by Crippen LogP contribution is -2.44. The van der Waals surface area contributed by atoms with Crippen LogP contribution in [0.15, 0.2) is 30.5 Å². The van der Waals surface area contributed by atoms with Crippen molar-refractivity contribution in [3.05, 3.63) is 46.7 Å². The number of ether oxygens (including phenoxy) is 1. The van der Waals surface area contributed by atoms with Crippen molar-refractivity contribution in [1.82, 2.24) is 20.0 Å². The van der Waals surface area contributed by atoms with Crippen LogP contribution in [0.2, 0.25) is 5.02 Å². The first-order chi connectivity index (χ1) is 13.1. The maximum absolute atomic E-state index is 13.0. The largest absolute Gasteiger partial charge is 0.398 e. The fourth-order valence-electron chi connectivity index (χ4n) is 3.40. The molecule has 2 heterocycles. The summed E-state index contributed by atoms with van der Waals surface area (Å²) in [5.74, 6) is -0.118. The first-order valence-corrected chi connectivity index (χ1v) is 9.53. The molecule has 0 saturated carbocycles. The lowest BCUT2D eigenvalue weighted by atomic mass is 10.1. The van der Waals surface area contributed by atoms with Gasteiger partial charge in [0, 0.05) is 55.8 Å². The number of amides is 1. The van der Waals surface area contributed by atoms with Gasteiger partial charge in [-0.05, 0) is 37.6 Å². The van der Waals surface area contributed by atoms with E-state index in [2.05, 4.69) is 15.1 Å². The number of carbonyl (C=O) groups excluding carboxylic acids is 1. The quantitative estimate of drug-likeness (QED) is 0.707. The third-order valence-corrected chi connectivity index (χ3v) is 5.36. The Bertz CT molecular complexity index is 732. The Hall–Kier alpha value is -2.09. The number of hydrogen-bond donors (Lipinski definition) is 2. The topological polar surface area (TPSA) is 87.5 Å². The maximum Gasteiger partial charge on any atom is 0.272 e. The molecule has 1 aliphatic rings. The van der Waals surface area contributed by atoms with E-state index in [0.717, 1.165) is 38.0 Å². The van der Waals surface area contributed by atoms with E-state index in [1.54, 1.807) is 42.5 Å². The normalized spacial score (nSPS) is 17.8. The highest BCUT2D eigenvalue weighted by Gasteiger charge is 2.23. The fourth-order valence-corrected chi connectivity index (χ4v) is 3.64. The van der Waals surface area contributed by atoms with Gasteiger partial charge in [-0.2, -0.15) is 5.10 Å². The number of benzene rings is 1. The fraction of sp³-hybridized carbons (Fsp3) is 0.474. The third kappa shape index (κ3) is 5.00. The average molecular weight is 392 g/mol. The van der Waals surface area contributed by atoms with Gasteiger partial charge in [0.15, 0.2) is 0 Å². The zero-order valence-electron chi connectivity index (χ0n) is 15.5. The molecule has 1 saturated heterocycles. The predicted molar refractivity (Wildman–Crippen MR) is 106 cm³/mol. The van der Waals surface area contributed by atoms with Crippen molar-refractivity contribution in [2.45, 2.75) is 25.5 Å². The van der Waals surface area contributed by atoms with E-state index in [9.17, 15) is 4.79 Å². The van der Waals surface area contributed by atoms with Gasteiger partial charge in [0.05, 0.1) is 6.10 Å². The summed E-state index contributed by atoms with van der Waals surface area (Å²) in [6.45, 7) is 3.59. The molecule has 1 amide bonds. The number of anilines is 1. The van der Waals surface area contributed by atoms with E-state index in [1.165, 1.54) is 0 Å². The van der Waals surface area contributed by atoms with Gasteiger partial charge in [0.2, 0.25) is 0 Å². The molecule has 1 atom stereocenters. The molecule has 0 spiro atoms. The number of hydrogen-bond acceptors (Lipinski definition) is 5. The molecule has 1 unspecified atom stereocenters. The molecule has 27 heavy (non-hydrogen) atoms. The zero-order chi connectivity index (χ0) is 19.2. The van der Waals surface area contributed by atoms with Gasteiger partial charge < -0.3 is 15.4 Å². The number of methoxy groups -OCH3 is 1. The van der Waals surface area contributed by atoms with Crippen molar-refractivity contribution in [1.29, 1.82) is 0 Å². The van der Waals surface area contributed by atoms with E-state index < -0.39 is 0 Å². The van der Waals surface area contributed by atoms with Crippen molar-refractivity contribution in [3.63, 3.8) is 0 Å². The van der Waals surface area contributed by atoms with Gasteiger partial charge in [0.1, 0.15) is 5.69 Å². The van der Waals surface area contributed by atoms with Crippen molar-refractivity contribution in [2.75, 3.05) is 39.0 Å². The van der Waals surface area contributed by atoms with Crippen LogP contribution in [0.1, 0.15) is 28.9 Å². The highest BCUT2D eigenvalue weighted by Crippen LogP contribution is 2.24. The lowest BCUT2D eigenvalue weighted by molar-refractivity contribution is 0.0273. The second-order valence-corrected chi connectivity index (χ2v) is 7.21. The number of aromatic amines is 1. The number of aromatic nitrogens is 2. The van der Waals surface area contributed by atoms with Gasteiger partial charge in [-0.25, -0.2) is 0 Å². The number of nitrogens with two attached hydrogens (primary N) is 1. The van der Waals surface area contributed by atoms with Crippen molar-refractivity contribution in [2.24, 2.45) is 0 Å². The summed E-state index contributed by atoms with van der Waals surface area (Å²) in [6, 6.07) is 7.07. The molecule has 0 bridgehead atoms.